The highest BCUT2D eigenvalue weighted by Gasteiger charge is 2.27. The van der Waals surface area contributed by atoms with E-state index in [2.05, 4.69) is 10.2 Å². The van der Waals surface area contributed by atoms with Crippen molar-refractivity contribution in [1.82, 2.24) is 0 Å². The highest BCUT2D eigenvalue weighted by Crippen LogP contribution is 2.34. The topological polar surface area (TPSA) is 76.8 Å². The number of nitrogens with two attached hydrogens (primary N) is 1. The highest BCUT2D eigenvalue weighted by atomic mass is 35.5. The summed E-state index contributed by atoms with van der Waals surface area (Å²) in [4.78, 5) is 15.0. The van der Waals surface area contributed by atoms with Crippen LogP contribution in [0.3, 0.4) is 0 Å². The normalized spacial score (nSPS) is 16.2. The summed E-state index contributed by atoms with van der Waals surface area (Å²) < 4.78 is 11.4. The first-order chi connectivity index (χ1) is 13.1. The van der Waals surface area contributed by atoms with Gasteiger partial charge in [-0.2, -0.15) is 0 Å². The van der Waals surface area contributed by atoms with Crippen LogP contribution in [-0.2, 0) is 11.2 Å². The Labute approximate surface area is 171 Å². The molecule has 2 aliphatic rings. The molecule has 1 atom stereocenters. The van der Waals surface area contributed by atoms with Crippen LogP contribution in [0, 0.1) is 0 Å². The molecular weight excluding hydrogens is 378 g/mol. The minimum Gasteiger partial charge on any atom is -0.490 e. The zero-order valence-electron chi connectivity index (χ0n) is 15.9. The zero-order valence-corrected chi connectivity index (χ0v) is 16.8. The number of ether oxygens (including phenoxy) is 2. The molecule has 0 saturated carbocycles. The summed E-state index contributed by atoms with van der Waals surface area (Å²) in [7, 11) is 0. The number of rotatable bonds is 3. The molecule has 2 heterocycles. The molecule has 0 saturated heterocycles. The third-order valence-electron chi connectivity index (χ3n) is 5.18. The standard InChI is InChI=1S/C21H25N3O3.ClH/c1-14(24-10-3-5-16-17(22)6-2-7-18(16)24)21(25)23-15-8-9-19-20(13-15)27-12-4-11-26-19;/h2,6-9,13-14H,3-5,10-12,22H2,1H3,(H,23,25);1H. The van der Waals surface area contributed by atoms with Crippen molar-refractivity contribution in [2.75, 3.05) is 35.7 Å². The SMILES string of the molecule is CC(C(=O)Nc1ccc2c(c1)OCCCO2)N1CCCc2c(N)cccc21.Cl. The van der Waals surface area contributed by atoms with Crippen molar-refractivity contribution in [3.8, 4) is 11.5 Å². The lowest BCUT2D eigenvalue weighted by Gasteiger charge is -2.36. The lowest BCUT2D eigenvalue weighted by molar-refractivity contribution is -0.117. The number of amides is 1. The van der Waals surface area contributed by atoms with Crippen LogP contribution in [0.1, 0.15) is 25.3 Å². The van der Waals surface area contributed by atoms with E-state index in [1.165, 1.54) is 0 Å². The minimum absolute atomic E-state index is 0. The first-order valence-electron chi connectivity index (χ1n) is 9.48. The molecule has 7 heteroatoms. The van der Waals surface area contributed by atoms with Crippen molar-refractivity contribution in [1.29, 1.82) is 0 Å². The molecular formula is C21H26ClN3O3. The molecule has 2 aromatic carbocycles. The summed E-state index contributed by atoms with van der Waals surface area (Å²) in [6.45, 7) is 4.03. The number of carbonyl (C=O) groups excluding carboxylic acids is 1. The van der Waals surface area contributed by atoms with Gasteiger partial charge in [0.1, 0.15) is 6.04 Å². The predicted molar refractivity (Wildman–Crippen MR) is 114 cm³/mol. The van der Waals surface area contributed by atoms with E-state index in [4.69, 9.17) is 15.2 Å². The van der Waals surface area contributed by atoms with Crippen LogP contribution in [0.4, 0.5) is 17.1 Å². The quantitative estimate of drug-likeness (QED) is 0.765. The maximum absolute atomic E-state index is 12.9. The lowest BCUT2D eigenvalue weighted by atomic mass is 9.98. The van der Waals surface area contributed by atoms with Gasteiger partial charge in [-0.05, 0) is 49.6 Å². The Kier molecular flexibility index (Phi) is 6.19. The van der Waals surface area contributed by atoms with E-state index in [9.17, 15) is 4.79 Å². The van der Waals surface area contributed by atoms with E-state index in [0.717, 1.165) is 48.5 Å². The average Bonchev–Trinajstić information content (AvgIpc) is 2.92. The molecule has 1 amide bonds. The number of nitrogens with zero attached hydrogens (tertiary/aromatic N) is 1. The second kappa shape index (κ2) is 8.61. The van der Waals surface area contributed by atoms with E-state index < -0.39 is 0 Å². The maximum Gasteiger partial charge on any atom is 0.246 e. The van der Waals surface area contributed by atoms with Crippen molar-refractivity contribution in [3.05, 3.63) is 42.0 Å². The molecule has 3 N–H and O–H groups in total. The summed E-state index contributed by atoms with van der Waals surface area (Å²) in [6, 6.07) is 11.1. The number of fused-ring (bicyclic) bond motifs is 2. The van der Waals surface area contributed by atoms with Gasteiger partial charge in [0.05, 0.1) is 13.2 Å². The first kappa shape index (κ1) is 20.1. The second-order valence-electron chi connectivity index (χ2n) is 7.02. The van der Waals surface area contributed by atoms with Gasteiger partial charge in [-0.1, -0.05) is 6.07 Å². The Morgan fingerprint density at radius 1 is 1.14 bits per heavy atom. The summed E-state index contributed by atoms with van der Waals surface area (Å²) in [5.41, 5.74) is 9.83. The molecule has 0 aliphatic carbocycles. The summed E-state index contributed by atoms with van der Waals surface area (Å²) >= 11 is 0. The van der Waals surface area contributed by atoms with Crippen LogP contribution in [0.2, 0.25) is 0 Å². The summed E-state index contributed by atoms with van der Waals surface area (Å²) in [5.74, 6) is 1.34. The molecule has 0 spiro atoms. The molecule has 28 heavy (non-hydrogen) atoms. The molecule has 2 aromatic rings. The van der Waals surface area contributed by atoms with Gasteiger partial charge in [-0.25, -0.2) is 0 Å². The van der Waals surface area contributed by atoms with Gasteiger partial charge >= 0.3 is 0 Å². The molecule has 4 rings (SSSR count). The monoisotopic (exact) mass is 403 g/mol. The number of halogens is 1. The van der Waals surface area contributed by atoms with Crippen molar-refractivity contribution >= 4 is 35.4 Å². The fraction of sp³-hybridized carbons (Fsp3) is 0.381. The van der Waals surface area contributed by atoms with Crippen molar-refractivity contribution in [3.63, 3.8) is 0 Å². The number of hydrogen-bond acceptors (Lipinski definition) is 5. The summed E-state index contributed by atoms with van der Waals surface area (Å²) in [6.07, 6.45) is 2.79. The van der Waals surface area contributed by atoms with Crippen molar-refractivity contribution in [2.45, 2.75) is 32.2 Å². The molecule has 6 nitrogen and oxygen atoms in total. The average molecular weight is 404 g/mol. The molecule has 0 radical (unpaired) electrons. The van der Waals surface area contributed by atoms with Crippen LogP contribution >= 0.6 is 12.4 Å². The van der Waals surface area contributed by atoms with Gasteiger partial charge in [0.15, 0.2) is 11.5 Å². The number of carbonyl (C=O) groups is 1. The van der Waals surface area contributed by atoms with Gasteiger partial charge in [-0.3, -0.25) is 4.79 Å². The number of nitrogens with one attached hydrogen (secondary N) is 1. The maximum atomic E-state index is 12.9. The smallest absolute Gasteiger partial charge is 0.246 e. The molecule has 2 aliphatic heterocycles. The Bertz CT molecular complexity index is 859. The predicted octanol–water partition coefficient (Wildman–Crippen LogP) is 3.63. The number of nitrogen functional groups attached to an aromatic ring is 1. The van der Waals surface area contributed by atoms with Gasteiger partial charge in [0.2, 0.25) is 5.91 Å². The van der Waals surface area contributed by atoms with Crippen molar-refractivity contribution < 1.29 is 14.3 Å². The Hall–Kier alpha value is -2.60. The van der Waals surface area contributed by atoms with Crippen molar-refractivity contribution in [2.24, 2.45) is 0 Å². The fourth-order valence-corrected chi connectivity index (χ4v) is 3.71. The van der Waals surface area contributed by atoms with Gasteiger partial charge < -0.3 is 25.4 Å². The van der Waals surface area contributed by atoms with E-state index in [1.54, 1.807) is 0 Å². The van der Waals surface area contributed by atoms with Gasteiger partial charge in [0.25, 0.3) is 0 Å². The zero-order chi connectivity index (χ0) is 18.8. The minimum atomic E-state index is -0.304. The summed E-state index contributed by atoms with van der Waals surface area (Å²) in [5, 5.41) is 3.01. The number of benzene rings is 2. The first-order valence-corrected chi connectivity index (χ1v) is 9.48. The van der Waals surface area contributed by atoms with Crippen LogP contribution in [0.5, 0.6) is 11.5 Å². The largest absolute Gasteiger partial charge is 0.490 e. The number of hydrogen-bond donors (Lipinski definition) is 2. The molecule has 0 fully saturated rings. The Morgan fingerprint density at radius 3 is 2.75 bits per heavy atom. The van der Waals surface area contributed by atoms with E-state index in [1.807, 2.05) is 43.3 Å². The van der Waals surface area contributed by atoms with Gasteiger partial charge in [-0.15, -0.1) is 12.4 Å². The van der Waals surface area contributed by atoms with Gasteiger partial charge in [0, 0.05) is 36.1 Å². The Balaban J connectivity index is 0.00000225. The molecule has 0 bridgehead atoms. The molecule has 0 aromatic heterocycles. The third kappa shape index (κ3) is 3.97. The van der Waals surface area contributed by atoms with Crippen LogP contribution in [0.15, 0.2) is 36.4 Å². The van der Waals surface area contributed by atoms with Crippen LogP contribution in [-0.4, -0.2) is 31.7 Å². The lowest BCUT2D eigenvalue weighted by Crippen LogP contribution is -2.44. The molecule has 1 unspecified atom stereocenters. The number of anilines is 3. The van der Waals surface area contributed by atoms with Crippen LogP contribution < -0.4 is 25.4 Å². The molecule has 150 valence electrons. The fourth-order valence-electron chi connectivity index (χ4n) is 3.71. The van der Waals surface area contributed by atoms with Crippen LogP contribution in [0.25, 0.3) is 0 Å². The highest BCUT2D eigenvalue weighted by molar-refractivity contribution is 5.97. The second-order valence-corrected chi connectivity index (χ2v) is 7.02. The third-order valence-corrected chi connectivity index (χ3v) is 5.18. The van der Waals surface area contributed by atoms with E-state index in [0.29, 0.717) is 24.7 Å². The van der Waals surface area contributed by atoms with E-state index in [-0.39, 0.29) is 24.4 Å². The Morgan fingerprint density at radius 2 is 1.93 bits per heavy atom. The van der Waals surface area contributed by atoms with E-state index >= 15 is 0 Å².